The van der Waals surface area contributed by atoms with Gasteiger partial charge in [-0.3, -0.25) is 10.1 Å². The molecule has 0 radical (unpaired) electrons. The predicted octanol–water partition coefficient (Wildman–Crippen LogP) is 3.04. The van der Waals surface area contributed by atoms with Crippen molar-refractivity contribution in [3.05, 3.63) is 88.4 Å². The van der Waals surface area contributed by atoms with E-state index in [1.165, 1.54) is 22.6 Å². The van der Waals surface area contributed by atoms with E-state index in [4.69, 9.17) is 0 Å². The van der Waals surface area contributed by atoms with E-state index in [2.05, 4.69) is 15.3 Å². The summed E-state index contributed by atoms with van der Waals surface area (Å²) in [6.07, 6.45) is 2.86. The molecule has 1 fully saturated rings. The number of anilines is 1. The first-order chi connectivity index (χ1) is 16.3. The summed E-state index contributed by atoms with van der Waals surface area (Å²) in [6.45, 7) is 3.70. The summed E-state index contributed by atoms with van der Waals surface area (Å²) in [7, 11) is -3.82. The molecule has 0 spiro atoms. The largest absolute Gasteiger partial charge is 0.353 e. The van der Waals surface area contributed by atoms with Gasteiger partial charge in [-0.1, -0.05) is 29.8 Å². The third-order valence-electron chi connectivity index (χ3n) is 5.96. The van der Waals surface area contributed by atoms with Crippen LogP contribution in [0.25, 0.3) is 11.0 Å². The minimum atomic E-state index is -3.82. The summed E-state index contributed by atoms with van der Waals surface area (Å²) in [5.74, 6) is 0.625. The first-order valence-electron chi connectivity index (χ1n) is 10.7. The quantitative estimate of drug-likeness (QED) is 0.343. The van der Waals surface area contributed by atoms with E-state index in [-0.39, 0.29) is 16.6 Å². The second-order valence-corrected chi connectivity index (χ2v) is 9.98. The Labute approximate surface area is 196 Å². The van der Waals surface area contributed by atoms with Crippen LogP contribution in [0.5, 0.6) is 0 Å². The monoisotopic (exact) mass is 478 g/mol. The van der Waals surface area contributed by atoms with E-state index in [9.17, 15) is 18.5 Å². The number of fused-ring (bicyclic) bond motifs is 1. The second kappa shape index (κ2) is 8.50. The van der Waals surface area contributed by atoms with Crippen LogP contribution in [0.2, 0.25) is 0 Å². The van der Waals surface area contributed by atoms with Crippen molar-refractivity contribution in [2.75, 3.05) is 24.5 Å². The van der Waals surface area contributed by atoms with Crippen LogP contribution in [0.1, 0.15) is 17.2 Å². The van der Waals surface area contributed by atoms with Crippen molar-refractivity contribution in [2.24, 2.45) is 0 Å². The van der Waals surface area contributed by atoms with Gasteiger partial charge in [0.05, 0.1) is 21.2 Å². The highest BCUT2D eigenvalue weighted by molar-refractivity contribution is 7.90. The van der Waals surface area contributed by atoms with Crippen molar-refractivity contribution in [3.8, 4) is 0 Å². The summed E-state index contributed by atoms with van der Waals surface area (Å²) in [4.78, 5) is 21.7. The molecule has 1 atom stereocenters. The summed E-state index contributed by atoms with van der Waals surface area (Å²) in [6, 6.07) is 14.8. The van der Waals surface area contributed by atoms with Crippen LogP contribution in [0.4, 0.5) is 11.5 Å². The number of hydrogen-bond donors (Lipinski definition) is 1. The number of aromatic nitrogens is 3. The molecule has 5 rings (SSSR count). The summed E-state index contributed by atoms with van der Waals surface area (Å²) >= 11 is 0. The first kappa shape index (κ1) is 22.0. The maximum absolute atomic E-state index is 13.3. The Morgan fingerprint density at radius 1 is 1.12 bits per heavy atom. The van der Waals surface area contributed by atoms with Gasteiger partial charge >= 0.3 is 0 Å². The van der Waals surface area contributed by atoms with Crippen LogP contribution in [0, 0.1) is 17.0 Å². The molecule has 0 bridgehead atoms. The van der Waals surface area contributed by atoms with E-state index >= 15 is 0 Å². The average Bonchev–Trinajstić information content (AvgIpc) is 3.30. The zero-order chi connectivity index (χ0) is 23.9. The molecule has 1 aliphatic heterocycles. The Hall–Kier alpha value is -3.83. The lowest BCUT2D eigenvalue weighted by Gasteiger charge is -2.35. The molecule has 10 nitrogen and oxygen atoms in total. The molecule has 1 saturated heterocycles. The van der Waals surface area contributed by atoms with Crippen molar-refractivity contribution in [1.29, 1.82) is 0 Å². The third-order valence-corrected chi connectivity index (χ3v) is 7.64. The van der Waals surface area contributed by atoms with Gasteiger partial charge in [0.1, 0.15) is 12.1 Å². The zero-order valence-corrected chi connectivity index (χ0v) is 19.1. The number of nitro groups is 1. The molecule has 0 unspecified atom stereocenters. The molecule has 4 aromatic rings. The molecular formula is C23H22N6O4S. The fraction of sp³-hybridized carbons (Fsp3) is 0.217. The van der Waals surface area contributed by atoms with Crippen LogP contribution in [-0.2, 0) is 10.0 Å². The number of nitrogens with one attached hydrogen (secondary N) is 1. The first-order valence-corrected chi connectivity index (χ1v) is 12.2. The molecule has 34 heavy (non-hydrogen) atoms. The van der Waals surface area contributed by atoms with E-state index < -0.39 is 14.9 Å². The lowest BCUT2D eigenvalue weighted by molar-refractivity contribution is -0.384. The molecule has 0 aliphatic carbocycles. The van der Waals surface area contributed by atoms with Crippen molar-refractivity contribution in [1.82, 2.24) is 19.3 Å². The molecule has 1 aliphatic rings. The van der Waals surface area contributed by atoms with Crippen molar-refractivity contribution < 1.29 is 13.3 Å². The maximum atomic E-state index is 13.3. The van der Waals surface area contributed by atoms with Gasteiger partial charge in [0, 0.05) is 38.0 Å². The molecule has 1 N–H and O–H groups in total. The number of piperazine rings is 1. The lowest BCUT2D eigenvalue weighted by Crippen LogP contribution is -2.46. The molecule has 2 aromatic heterocycles. The van der Waals surface area contributed by atoms with Gasteiger partial charge in [0.2, 0.25) is 0 Å². The van der Waals surface area contributed by atoms with Crippen LogP contribution >= 0.6 is 0 Å². The highest BCUT2D eigenvalue weighted by atomic mass is 32.2. The topological polar surface area (TPSA) is 123 Å². The minimum Gasteiger partial charge on any atom is -0.353 e. The fourth-order valence-electron chi connectivity index (χ4n) is 4.21. The molecule has 0 amide bonds. The van der Waals surface area contributed by atoms with Gasteiger partial charge in [0.15, 0.2) is 5.65 Å². The number of rotatable bonds is 5. The Morgan fingerprint density at radius 3 is 2.68 bits per heavy atom. The van der Waals surface area contributed by atoms with Gasteiger partial charge < -0.3 is 10.2 Å². The number of nitrogens with zero attached hydrogens (tertiary/aromatic N) is 5. The molecule has 174 valence electrons. The van der Waals surface area contributed by atoms with Crippen LogP contribution in [-0.4, -0.2) is 46.9 Å². The van der Waals surface area contributed by atoms with Crippen molar-refractivity contribution in [3.63, 3.8) is 0 Å². The highest BCUT2D eigenvalue weighted by Crippen LogP contribution is 2.30. The number of nitro benzene ring substituents is 1. The van der Waals surface area contributed by atoms with Gasteiger partial charge in [-0.2, -0.15) is 0 Å². The van der Waals surface area contributed by atoms with Crippen LogP contribution in [0.15, 0.2) is 72.0 Å². The van der Waals surface area contributed by atoms with Crippen LogP contribution < -0.4 is 10.2 Å². The van der Waals surface area contributed by atoms with E-state index in [0.29, 0.717) is 36.5 Å². The summed E-state index contributed by atoms with van der Waals surface area (Å²) < 4.78 is 27.7. The van der Waals surface area contributed by atoms with Crippen molar-refractivity contribution >= 4 is 32.6 Å². The molecule has 2 aromatic carbocycles. The normalized spacial score (nSPS) is 16.6. The number of hydrogen-bond acceptors (Lipinski definition) is 8. The van der Waals surface area contributed by atoms with Gasteiger partial charge in [-0.25, -0.2) is 22.4 Å². The second-order valence-electron chi connectivity index (χ2n) is 8.17. The van der Waals surface area contributed by atoms with E-state index in [0.717, 1.165) is 11.1 Å². The maximum Gasteiger partial charge on any atom is 0.269 e. The van der Waals surface area contributed by atoms with Gasteiger partial charge in [-0.05, 0) is 30.7 Å². The van der Waals surface area contributed by atoms with Crippen molar-refractivity contribution in [2.45, 2.75) is 17.9 Å². The Morgan fingerprint density at radius 2 is 1.91 bits per heavy atom. The molecule has 0 saturated carbocycles. The SMILES string of the molecule is Cc1ccc(S(=O)(=O)n2ccc3c(N4CCN[C@@H](c5cccc([N+](=O)[O-])c5)C4)ncnc32)cc1. The standard InChI is InChI=1S/C23H22N6O4S/c1-16-5-7-19(8-6-16)34(32,33)28-11-9-20-22(25-15-26-23(20)28)27-12-10-24-21(14-27)17-3-2-4-18(13-17)29(30)31/h2-9,11,13,15,21,24H,10,12,14H2,1H3/t21-/m1/s1. The smallest absolute Gasteiger partial charge is 0.269 e. The number of benzene rings is 2. The Kier molecular flexibility index (Phi) is 5.50. The Balaban J connectivity index is 1.49. The molecular weight excluding hydrogens is 456 g/mol. The van der Waals surface area contributed by atoms with E-state index in [1.807, 2.05) is 17.9 Å². The van der Waals surface area contributed by atoms with Gasteiger partial charge in [0.25, 0.3) is 15.7 Å². The van der Waals surface area contributed by atoms with Crippen LogP contribution in [0.3, 0.4) is 0 Å². The zero-order valence-electron chi connectivity index (χ0n) is 18.3. The highest BCUT2D eigenvalue weighted by Gasteiger charge is 2.26. The predicted molar refractivity (Wildman–Crippen MR) is 127 cm³/mol. The summed E-state index contributed by atoms with van der Waals surface area (Å²) in [5.41, 5.74) is 2.12. The van der Waals surface area contributed by atoms with Gasteiger partial charge in [-0.15, -0.1) is 0 Å². The summed E-state index contributed by atoms with van der Waals surface area (Å²) in [5, 5.41) is 15.2. The number of aryl methyl sites for hydroxylation is 1. The third kappa shape index (κ3) is 3.88. The average molecular weight is 479 g/mol. The molecule has 3 heterocycles. The fourth-order valence-corrected chi connectivity index (χ4v) is 5.51. The Bertz CT molecular complexity index is 1480. The lowest BCUT2D eigenvalue weighted by atomic mass is 10.0. The number of non-ortho nitro benzene ring substituents is 1. The minimum absolute atomic E-state index is 0.0410. The van der Waals surface area contributed by atoms with E-state index in [1.54, 1.807) is 42.5 Å². The molecule has 11 heteroatoms.